The van der Waals surface area contributed by atoms with Crippen LogP contribution in [0.4, 0.5) is 0 Å². The van der Waals surface area contributed by atoms with Crippen molar-refractivity contribution in [2.75, 3.05) is 26.2 Å². The van der Waals surface area contributed by atoms with Crippen LogP contribution in [0.15, 0.2) is 0 Å². The number of nitrogens with zero attached hydrogens (tertiary/aromatic N) is 1. The Morgan fingerprint density at radius 1 is 1.25 bits per heavy atom. The van der Waals surface area contributed by atoms with Crippen molar-refractivity contribution in [2.45, 2.75) is 52.7 Å². The summed E-state index contributed by atoms with van der Waals surface area (Å²) in [4.78, 5) is 2.47. The quantitative estimate of drug-likeness (QED) is 0.801. The second kappa shape index (κ2) is 4.28. The summed E-state index contributed by atoms with van der Waals surface area (Å²) in [5.41, 5.74) is 6.17. The highest BCUT2D eigenvalue weighted by Crippen LogP contribution is 2.30. The molecule has 2 N–H and O–H groups in total. The third-order valence-corrected chi connectivity index (χ3v) is 3.87. The van der Waals surface area contributed by atoms with Crippen molar-refractivity contribution in [3.05, 3.63) is 0 Å². The maximum atomic E-state index is 6.24. The Morgan fingerprint density at radius 3 is 2.25 bits per heavy atom. The molecule has 0 spiro atoms. The summed E-state index contributed by atoms with van der Waals surface area (Å²) in [5.74, 6) is 0. The van der Waals surface area contributed by atoms with Gasteiger partial charge in [0.15, 0.2) is 0 Å². The lowest BCUT2D eigenvalue weighted by molar-refractivity contribution is -0.0958. The standard InChI is InChI=1S/C13H28N2O/c1-11(2,13(5,6)14)9-15-7-8-16-12(3,4)10-15/h7-10,14H2,1-6H3. The summed E-state index contributed by atoms with van der Waals surface area (Å²) in [5, 5.41) is 0. The summed E-state index contributed by atoms with van der Waals surface area (Å²) >= 11 is 0. The van der Waals surface area contributed by atoms with Crippen LogP contribution < -0.4 is 5.73 Å². The fraction of sp³-hybridized carbons (Fsp3) is 1.00. The van der Waals surface area contributed by atoms with Crippen molar-refractivity contribution in [1.82, 2.24) is 4.90 Å². The summed E-state index contributed by atoms with van der Waals surface area (Å²) < 4.78 is 5.72. The number of nitrogens with two attached hydrogens (primary N) is 1. The molecule has 0 atom stereocenters. The normalized spacial score (nSPS) is 23.4. The van der Waals surface area contributed by atoms with E-state index in [1.165, 1.54) is 0 Å². The molecule has 1 heterocycles. The second-order valence-corrected chi connectivity index (χ2v) is 6.92. The summed E-state index contributed by atoms with van der Waals surface area (Å²) in [6.45, 7) is 16.9. The van der Waals surface area contributed by atoms with Gasteiger partial charge in [0.25, 0.3) is 0 Å². The monoisotopic (exact) mass is 228 g/mol. The average molecular weight is 228 g/mol. The predicted octanol–water partition coefficient (Wildman–Crippen LogP) is 1.86. The molecule has 0 aromatic rings. The van der Waals surface area contributed by atoms with Gasteiger partial charge in [0.05, 0.1) is 12.2 Å². The zero-order chi connectivity index (χ0) is 12.6. The van der Waals surface area contributed by atoms with Gasteiger partial charge in [-0.2, -0.15) is 0 Å². The lowest BCUT2D eigenvalue weighted by Gasteiger charge is -2.46. The first-order chi connectivity index (χ1) is 7.04. The zero-order valence-corrected chi connectivity index (χ0v) is 11.8. The van der Waals surface area contributed by atoms with Crippen LogP contribution in [0.2, 0.25) is 0 Å². The lowest BCUT2D eigenvalue weighted by Crippen LogP contribution is -2.57. The molecule has 3 heteroatoms. The maximum Gasteiger partial charge on any atom is 0.0753 e. The van der Waals surface area contributed by atoms with Gasteiger partial charge in [-0.3, -0.25) is 4.90 Å². The Bertz CT molecular complexity index is 241. The van der Waals surface area contributed by atoms with Crippen LogP contribution in [-0.2, 0) is 4.74 Å². The number of hydrogen-bond acceptors (Lipinski definition) is 3. The number of ether oxygens (including phenoxy) is 1. The van der Waals surface area contributed by atoms with Gasteiger partial charge in [0, 0.05) is 25.2 Å². The molecule has 0 bridgehead atoms. The molecule has 0 saturated carbocycles. The van der Waals surface area contributed by atoms with Gasteiger partial charge in [0.1, 0.15) is 0 Å². The fourth-order valence-electron chi connectivity index (χ4n) is 2.01. The molecule has 0 radical (unpaired) electrons. The van der Waals surface area contributed by atoms with E-state index in [1.54, 1.807) is 0 Å². The predicted molar refractivity (Wildman–Crippen MR) is 68.5 cm³/mol. The van der Waals surface area contributed by atoms with Crippen LogP contribution in [0.25, 0.3) is 0 Å². The van der Waals surface area contributed by atoms with Crippen molar-refractivity contribution >= 4 is 0 Å². The van der Waals surface area contributed by atoms with E-state index in [0.717, 1.165) is 26.2 Å². The number of morpholine rings is 1. The van der Waals surface area contributed by atoms with Crippen LogP contribution in [0.1, 0.15) is 41.5 Å². The molecular formula is C13H28N2O. The average Bonchev–Trinajstić information content (AvgIpc) is 1.98. The Kier molecular flexibility index (Phi) is 3.73. The molecular weight excluding hydrogens is 200 g/mol. The highest BCUT2D eigenvalue weighted by molar-refractivity contribution is 4.93. The van der Waals surface area contributed by atoms with Gasteiger partial charge in [0.2, 0.25) is 0 Å². The van der Waals surface area contributed by atoms with Gasteiger partial charge in [-0.1, -0.05) is 13.8 Å². The van der Waals surface area contributed by atoms with Crippen molar-refractivity contribution in [3.63, 3.8) is 0 Å². The molecule has 0 amide bonds. The van der Waals surface area contributed by atoms with E-state index >= 15 is 0 Å². The lowest BCUT2D eigenvalue weighted by atomic mass is 9.74. The molecule has 1 rings (SSSR count). The van der Waals surface area contributed by atoms with E-state index in [2.05, 4.69) is 46.4 Å². The molecule has 3 nitrogen and oxygen atoms in total. The fourth-order valence-corrected chi connectivity index (χ4v) is 2.01. The third-order valence-electron chi connectivity index (χ3n) is 3.87. The molecule has 96 valence electrons. The Balaban J connectivity index is 2.61. The topological polar surface area (TPSA) is 38.5 Å². The molecule has 0 aliphatic carbocycles. The molecule has 0 unspecified atom stereocenters. The molecule has 1 fully saturated rings. The Morgan fingerprint density at radius 2 is 1.81 bits per heavy atom. The SMILES string of the molecule is CC1(C)CN(CC(C)(C)C(C)(C)N)CCO1. The van der Waals surface area contributed by atoms with Crippen molar-refractivity contribution in [2.24, 2.45) is 11.1 Å². The first kappa shape index (κ1) is 13.9. The molecule has 0 aromatic carbocycles. The minimum atomic E-state index is -0.157. The van der Waals surface area contributed by atoms with Crippen molar-refractivity contribution in [3.8, 4) is 0 Å². The highest BCUT2D eigenvalue weighted by atomic mass is 16.5. The van der Waals surface area contributed by atoms with Gasteiger partial charge in [-0.05, 0) is 33.1 Å². The largest absolute Gasteiger partial charge is 0.373 e. The minimum absolute atomic E-state index is 0.0208. The summed E-state index contributed by atoms with van der Waals surface area (Å²) in [6, 6.07) is 0. The first-order valence-electron chi connectivity index (χ1n) is 6.19. The summed E-state index contributed by atoms with van der Waals surface area (Å²) in [6.07, 6.45) is 0. The third kappa shape index (κ3) is 3.44. The highest BCUT2D eigenvalue weighted by Gasteiger charge is 2.37. The van der Waals surface area contributed by atoms with Crippen LogP contribution in [0, 0.1) is 5.41 Å². The van der Waals surface area contributed by atoms with Gasteiger partial charge < -0.3 is 10.5 Å². The summed E-state index contributed by atoms with van der Waals surface area (Å²) in [7, 11) is 0. The van der Waals surface area contributed by atoms with Gasteiger partial charge in [-0.15, -0.1) is 0 Å². The second-order valence-electron chi connectivity index (χ2n) is 6.92. The van der Waals surface area contributed by atoms with E-state index in [0.29, 0.717) is 0 Å². The number of rotatable bonds is 3. The van der Waals surface area contributed by atoms with E-state index < -0.39 is 0 Å². The van der Waals surface area contributed by atoms with Crippen LogP contribution >= 0.6 is 0 Å². The van der Waals surface area contributed by atoms with E-state index in [4.69, 9.17) is 10.5 Å². The first-order valence-corrected chi connectivity index (χ1v) is 6.19. The molecule has 0 aromatic heterocycles. The molecule has 1 saturated heterocycles. The van der Waals surface area contributed by atoms with Gasteiger partial charge in [-0.25, -0.2) is 0 Å². The zero-order valence-electron chi connectivity index (χ0n) is 11.8. The Hall–Kier alpha value is -0.120. The van der Waals surface area contributed by atoms with Crippen molar-refractivity contribution < 1.29 is 4.74 Å². The smallest absolute Gasteiger partial charge is 0.0753 e. The molecule has 16 heavy (non-hydrogen) atoms. The van der Waals surface area contributed by atoms with Crippen LogP contribution in [0.3, 0.4) is 0 Å². The maximum absolute atomic E-state index is 6.24. The van der Waals surface area contributed by atoms with Crippen molar-refractivity contribution in [1.29, 1.82) is 0 Å². The van der Waals surface area contributed by atoms with Crippen LogP contribution in [-0.4, -0.2) is 42.3 Å². The van der Waals surface area contributed by atoms with E-state index in [1.807, 2.05) is 0 Å². The van der Waals surface area contributed by atoms with E-state index in [-0.39, 0.29) is 16.6 Å². The Labute approximate surface area is 100 Å². The number of hydrogen-bond donors (Lipinski definition) is 1. The van der Waals surface area contributed by atoms with Crippen LogP contribution in [0.5, 0.6) is 0 Å². The van der Waals surface area contributed by atoms with Gasteiger partial charge >= 0.3 is 0 Å². The molecule has 1 aliphatic heterocycles. The molecule has 1 aliphatic rings. The minimum Gasteiger partial charge on any atom is -0.373 e. The van der Waals surface area contributed by atoms with E-state index in [9.17, 15) is 0 Å².